The van der Waals surface area contributed by atoms with E-state index in [0.717, 1.165) is 6.42 Å². The molecule has 0 bridgehead atoms. The van der Waals surface area contributed by atoms with Gasteiger partial charge >= 0.3 is 0 Å². The third kappa shape index (κ3) is 4.69. The Morgan fingerprint density at radius 2 is 2.10 bits per heavy atom. The summed E-state index contributed by atoms with van der Waals surface area (Å²) >= 11 is 11.8. The molecular weight excluding hydrogens is 299 g/mol. The van der Waals surface area contributed by atoms with Gasteiger partial charge in [-0.05, 0) is 30.7 Å². The number of aromatic nitrogens is 1. The van der Waals surface area contributed by atoms with Crippen molar-refractivity contribution in [2.75, 3.05) is 13.2 Å². The molecule has 2 N–H and O–H groups in total. The summed E-state index contributed by atoms with van der Waals surface area (Å²) in [7, 11) is 1.70. The van der Waals surface area contributed by atoms with Crippen LogP contribution in [0.2, 0.25) is 10.2 Å². The smallest absolute Gasteiger partial charge is 0.268 e. The van der Waals surface area contributed by atoms with E-state index in [1.807, 2.05) is 0 Å². The molecule has 0 radical (unpaired) electrons. The van der Waals surface area contributed by atoms with Crippen LogP contribution in [0.5, 0.6) is 0 Å². The molecule has 1 unspecified atom stereocenters. The number of hydrogen-bond acceptors (Lipinski definition) is 2. The predicted molar refractivity (Wildman–Crippen MR) is 82.4 cm³/mol. The van der Waals surface area contributed by atoms with Gasteiger partial charge in [0, 0.05) is 20.2 Å². The summed E-state index contributed by atoms with van der Waals surface area (Å²) in [4.78, 5) is 12.1. The third-order valence-corrected chi connectivity index (χ3v) is 4.08. The minimum atomic E-state index is -0.201. The Hall–Kier alpha value is -0.710. The van der Waals surface area contributed by atoms with E-state index in [9.17, 15) is 4.79 Å². The van der Waals surface area contributed by atoms with Crippen molar-refractivity contribution in [2.45, 2.75) is 26.7 Å². The second-order valence-corrected chi connectivity index (χ2v) is 6.21. The summed E-state index contributed by atoms with van der Waals surface area (Å²) in [6.07, 6.45) is 1.66. The van der Waals surface area contributed by atoms with Crippen LogP contribution in [0.3, 0.4) is 0 Å². The maximum Gasteiger partial charge on any atom is 0.268 e. The number of carbonyl (C=O) groups excluding carboxylic acids is 1. The molecule has 1 amide bonds. The van der Waals surface area contributed by atoms with Gasteiger partial charge in [-0.15, -0.1) is 0 Å². The molecule has 0 aliphatic carbocycles. The second kappa shape index (κ2) is 7.91. The zero-order valence-corrected chi connectivity index (χ0v) is 13.6. The lowest BCUT2D eigenvalue weighted by molar-refractivity contribution is 0.0933. The number of nitrogens with zero attached hydrogens (tertiary/aromatic N) is 1. The first kappa shape index (κ1) is 17.3. The van der Waals surface area contributed by atoms with Gasteiger partial charge in [-0.2, -0.15) is 0 Å². The number of amides is 1. The van der Waals surface area contributed by atoms with Gasteiger partial charge in [0.05, 0.1) is 5.02 Å². The predicted octanol–water partition coefficient (Wildman–Crippen LogP) is 3.11. The minimum Gasteiger partial charge on any atom is -0.396 e. The standard InChI is InChI=1S/C14H22Cl2N2O2/c1-9(2)6-10(4-5-19)8-17-14(20)12-7-11(15)13(16)18(12)3/h7,9-10,19H,4-6,8H2,1-3H3,(H,17,20). The molecule has 1 aromatic heterocycles. The van der Waals surface area contributed by atoms with Crippen molar-refractivity contribution in [1.29, 1.82) is 0 Å². The van der Waals surface area contributed by atoms with Crippen molar-refractivity contribution in [3.05, 3.63) is 21.9 Å². The number of rotatable bonds is 7. The van der Waals surface area contributed by atoms with Gasteiger partial charge in [0.1, 0.15) is 10.8 Å². The Morgan fingerprint density at radius 3 is 2.55 bits per heavy atom. The van der Waals surface area contributed by atoms with Crippen LogP contribution in [0, 0.1) is 11.8 Å². The molecule has 1 aromatic rings. The fourth-order valence-corrected chi connectivity index (χ4v) is 2.62. The van der Waals surface area contributed by atoms with E-state index in [1.165, 1.54) is 0 Å². The molecule has 0 spiro atoms. The summed E-state index contributed by atoms with van der Waals surface area (Å²) < 4.78 is 1.56. The Bertz CT molecular complexity index is 458. The summed E-state index contributed by atoms with van der Waals surface area (Å²) in [6.45, 7) is 4.93. The normalized spacial score (nSPS) is 12.8. The van der Waals surface area contributed by atoms with Gasteiger partial charge in [-0.25, -0.2) is 0 Å². The number of hydrogen-bond donors (Lipinski definition) is 2. The highest BCUT2D eigenvalue weighted by Gasteiger charge is 2.17. The van der Waals surface area contributed by atoms with Gasteiger partial charge in [-0.1, -0.05) is 37.0 Å². The number of nitrogens with one attached hydrogen (secondary N) is 1. The third-order valence-electron chi connectivity index (χ3n) is 3.24. The molecule has 1 heterocycles. The zero-order chi connectivity index (χ0) is 15.3. The number of aliphatic hydroxyl groups is 1. The molecule has 0 fully saturated rings. The quantitative estimate of drug-likeness (QED) is 0.811. The van der Waals surface area contributed by atoms with Crippen LogP contribution in [0.4, 0.5) is 0 Å². The lowest BCUT2D eigenvalue weighted by atomic mass is 9.94. The van der Waals surface area contributed by atoms with Crippen molar-refractivity contribution in [3.8, 4) is 0 Å². The molecule has 0 aliphatic rings. The molecule has 4 nitrogen and oxygen atoms in total. The first-order valence-electron chi connectivity index (χ1n) is 6.76. The topological polar surface area (TPSA) is 54.3 Å². The number of carbonyl (C=O) groups is 1. The molecule has 0 saturated heterocycles. The highest BCUT2D eigenvalue weighted by molar-refractivity contribution is 6.41. The average molecular weight is 321 g/mol. The Morgan fingerprint density at radius 1 is 1.45 bits per heavy atom. The average Bonchev–Trinajstić information content (AvgIpc) is 2.63. The fourth-order valence-electron chi connectivity index (χ4n) is 2.24. The van der Waals surface area contributed by atoms with Gasteiger partial charge < -0.3 is 15.0 Å². The number of aliphatic hydroxyl groups excluding tert-OH is 1. The number of halogens is 2. The van der Waals surface area contributed by atoms with E-state index in [4.69, 9.17) is 28.3 Å². The Labute approximate surface area is 130 Å². The van der Waals surface area contributed by atoms with Gasteiger partial charge in [0.2, 0.25) is 0 Å². The Kier molecular flexibility index (Phi) is 6.86. The van der Waals surface area contributed by atoms with E-state index in [-0.39, 0.29) is 18.4 Å². The molecule has 114 valence electrons. The molecule has 0 aliphatic heterocycles. The van der Waals surface area contributed by atoms with Crippen LogP contribution in [-0.4, -0.2) is 28.7 Å². The molecule has 6 heteroatoms. The van der Waals surface area contributed by atoms with Crippen LogP contribution >= 0.6 is 23.2 Å². The fraction of sp³-hybridized carbons (Fsp3) is 0.643. The summed E-state index contributed by atoms with van der Waals surface area (Å²) in [5.41, 5.74) is 0.437. The van der Waals surface area contributed by atoms with E-state index < -0.39 is 0 Å². The van der Waals surface area contributed by atoms with Crippen molar-refractivity contribution >= 4 is 29.1 Å². The highest BCUT2D eigenvalue weighted by atomic mass is 35.5. The molecule has 0 saturated carbocycles. The Balaban J connectivity index is 2.63. The van der Waals surface area contributed by atoms with Crippen LogP contribution < -0.4 is 5.32 Å². The lowest BCUT2D eigenvalue weighted by Crippen LogP contribution is -2.31. The maximum atomic E-state index is 12.1. The first-order valence-corrected chi connectivity index (χ1v) is 7.52. The van der Waals surface area contributed by atoms with E-state index in [0.29, 0.717) is 34.8 Å². The summed E-state index contributed by atoms with van der Waals surface area (Å²) in [5, 5.41) is 12.7. The highest BCUT2D eigenvalue weighted by Crippen LogP contribution is 2.25. The molecular formula is C14H22Cl2N2O2. The van der Waals surface area contributed by atoms with E-state index in [1.54, 1.807) is 17.7 Å². The van der Waals surface area contributed by atoms with Crippen LogP contribution in [0.15, 0.2) is 6.07 Å². The van der Waals surface area contributed by atoms with Gasteiger partial charge in [0.15, 0.2) is 0 Å². The van der Waals surface area contributed by atoms with Crippen molar-refractivity contribution in [3.63, 3.8) is 0 Å². The largest absolute Gasteiger partial charge is 0.396 e. The van der Waals surface area contributed by atoms with Crippen LogP contribution in [-0.2, 0) is 7.05 Å². The SMILES string of the molecule is CC(C)CC(CCO)CNC(=O)c1cc(Cl)c(Cl)n1C. The van der Waals surface area contributed by atoms with Crippen molar-refractivity contribution in [1.82, 2.24) is 9.88 Å². The first-order chi connectivity index (χ1) is 9.36. The van der Waals surface area contributed by atoms with E-state index in [2.05, 4.69) is 19.2 Å². The second-order valence-electron chi connectivity index (χ2n) is 5.45. The van der Waals surface area contributed by atoms with Gasteiger partial charge in [-0.3, -0.25) is 4.79 Å². The molecule has 0 aromatic carbocycles. The van der Waals surface area contributed by atoms with Crippen molar-refractivity contribution < 1.29 is 9.90 Å². The van der Waals surface area contributed by atoms with Crippen LogP contribution in [0.25, 0.3) is 0 Å². The zero-order valence-electron chi connectivity index (χ0n) is 12.1. The molecule has 1 atom stereocenters. The molecule has 20 heavy (non-hydrogen) atoms. The molecule has 1 rings (SSSR count). The monoisotopic (exact) mass is 320 g/mol. The van der Waals surface area contributed by atoms with Crippen molar-refractivity contribution in [2.24, 2.45) is 18.9 Å². The van der Waals surface area contributed by atoms with Crippen LogP contribution in [0.1, 0.15) is 37.2 Å². The summed E-state index contributed by atoms with van der Waals surface area (Å²) in [5.74, 6) is 0.602. The lowest BCUT2D eigenvalue weighted by Gasteiger charge is -2.18. The van der Waals surface area contributed by atoms with Gasteiger partial charge in [0.25, 0.3) is 5.91 Å². The maximum absolute atomic E-state index is 12.1. The van der Waals surface area contributed by atoms with E-state index >= 15 is 0 Å². The summed E-state index contributed by atoms with van der Waals surface area (Å²) in [6, 6.07) is 1.56. The minimum absolute atomic E-state index is 0.134.